The molecule has 1 N–H and O–H groups in total. The van der Waals surface area contributed by atoms with Crippen LogP contribution in [0, 0.1) is 6.92 Å². The summed E-state index contributed by atoms with van der Waals surface area (Å²) in [5.74, 6) is 1.02. The predicted octanol–water partition coefficient (Wildman–Crippen LogP) is -0.935. The number of hydrogen-bond acceptors (Lipinski definition) is 6. The number of aryl methyl sites for hydroxylation is 2. The molecule has 2 heterocycles. The molecule has 2 aromatic heterocycles. The van der Waals surface area contributed by atoms with Crippen molar-refractivity contribution in [2.24, 2.45) is 14.1 Å². The van der Waals surface area contributed by atoms with Gasteiger partial charge in [0.1, 0.15) is 0 Å². The second kappa shape index (κ2) is 5.19. The van der Waals surface area contributed by atoms with Crippen molar-refractivity contribution in [2.45, 2.75) is 20.0 Å². The minimum Gasteiger partial charge on any atom is -0.338 e. The third-order valence-electron chi connectivity index (χ3n) is 2.68. The second-order valence-electron chi connectivity index (χ2n) is 4.25. The molecule has 0 aliphatic carbocycles. The van der Waals surface area contributed by atoms with Crippen LogP contribution in [0.5, 0.6) is 0 Å². The predicted molar refractivity (Wildman–Crippen MR) is 66.5 cm³/mol. The van der Waals surface area contributed by atoms with E-state index in [1.165, 1.54) is 17.8 Å². The van der Waals surface area contributed by atoms with E-state index in [9.17, 15) is 9.59 Å². The van der Waals surface area contributed by atoms with E-state index in [0.717, 1.165) is 4.57 Å². The summed E-state index contributed by atoms with van der Waals surface area (Å²) in [7, 11) is 3.06. The first-order valence-electron chi connectivity index (χ1n) is 5.74. The van der Waals surface area contributed by atoms with Crippen molar-refractivity contribution in [3.63, 3.8) is 0 Å². The Bertz CT molecular complexity index is 697. The monoisotopic (exact) mass is 265 g/mol. The largest absolute Gasteiger partial charge is 0.338 e. The fourth-order valence-corrected chi connectivity index (χ4v) is 1.72. The van der Waals surface area contributed by atoms with Crippen LogP contribution < -0.4 is 16.6 Å². The molecule has 0 bridgehead atoms. The first-order chi connectivity index (χ1) is 8.99. The van der Waals surface area contributed by atoms with Crippen molar-refractivity contribution in [2.75, 3.05) is 0 Å². The third kappa shape index (κ3) is 2.79. The van der Waals surface area contributed by atoms with Crippen LogP contribution in [0.1, 0.15) is 17.3 Å². The molecule has 8 heteroatoms. The van der Waals surface area contributed by atoms with Gasteiger partial charge in [0.15, 0.2) is 5.82 Å². The second-order valence-corrected chi connectivity index (χ2v) is 4.25. The zero-order valence-corrected chi connectivity index (χ0v) is 11.0. The SMILES string of the molecule is Cc1noc(CNCc2cn(C)c(=O)n(C)c2=O)n1. The summed E-state index contributed by atoms with van der Waals surface area (Å²) in [6.45, 7) is 2.42. The van der Waals surface area contributed by atoms with Gasteiger partial charge < -0.3 is 14.4 Å². The van der Waals surface area contributed by atoms with E-state index in [2.05, 4.69) is 15.5 Å². The third-order valence-corrected chi connectivity index (χ3v) is 2.68. The van der Waals surface area contributed by atoms with Gasteiger partial charge in [-0.15, -0.1) is 0 Å². The highest BCUT2D eigenvalue weighted by molar-refractivity contribution is 5.05. The van der Waals surface area contributed by atoms with E-state index < -0.39 is 0 Å². The van der Waals surface area contributed by atoms with Crippen molar-refractivity contribution in [1.82, 2.24) is 24.6 Å². The van der Waals surface area contributed by atoms with Crippen LogP contribution >= 0.6 is 0 Å². The fourth-order valence-electron chi connectivity index (χ4n) is 1.72. The molecule has 0 unspecified atom stereocenters. The van der Waals surface area contributed by atoms with Gasteiger partial charge in [0, 0.05) is 32.4 Å². The number of rotatable bonds is 4. The summed E-state index contributed by atoms with van der Waals surface area (Å²) in [5, 5.41) is 6.68. The van der Waals surface area contributed by atoms with Crippen molar-refractivity contribution < 1.29 is 4.52 Å². The molecule has 102 valence electrons. The van der Waals surface area contributed by atoms with Crippen molar-refractivity contribution in [3.8, 4) is 0 Å². The van der Waals surface area contributed by atoms with Crippen molar-refractivity contribution >= 4 is 0 Å². The first-order valence-corrected chi connectivity index (χ1v) is 5.74. The molecule has 0 radical (unpaired) electrons. The zero-order chi connectivity index (χ0) is 14.0. The average molecular weight is 265 g/mol. The quantitative estimate of drug-likeness (QED) is 0.767. The summed E-state index contributed by atoms with van der Waals surface area (Å²) >= 11 is 0. The summed E-state index contributed by atoms with van der Waals surface area (Å²) < 4.78 is 7.38. The molecule has 2 aromatic rings. The van der Waals surface area contributed by atoms with Crippen LogP contribution in [0.25, 0.3) is 0 Å². The molecule has 0 aliphatic heterocycles. The Kier molecular flexibility index (Phi) is 3.61. The topological polar surface area (TPSA) is 95.0 Å². The number of aromatic nitrogens is 4. The lowest BCUT2D eigenvalue weighted by atomic mass is 10.3. The summed E-state index contributed by atoms with van der Waals surface area (Å²) in [6.07, 6.45) is 1.52. The molecule has 8 nitrogen and oxygen atoms in total. The Morgan fingerprint density at radius 3 is 2.68 bits per heavy atom. The van der Waals surface area contributed by atoms with Gasteiger partial charge in [-0.05, 0) is 6.92 Å². The highest BCUT2D eigenvalue weighted by Crippen LogP contribution is 1.95. The molecule has 0 aromatic carbocycles. The highest BCUT2D eigenvalue weighted by Gasteiger charge is 2.07. The molecular formula is C11H15N5O3. The maximum Gasteiger partial charge on any atom is 0.330 e. The summed E-state index contributed by atoms with van der Waals surface area (Å²) in [5.41, 5.74) is -0.153. The van der Waals surface area contributed by atoms with Gasteiger partial charge in [0.2, 0.25) is 5.89 Å². The van der Waals surface area contributed by atoms with Gasteiger partial charge in [-0.25, -0.2) is 4.79 Å². The van der Waals surface area contributed by atoms with Gasteiger partial charge in [0.05, 0.1) is 6.54 Å². The van der Waals surface area contributed by atoms with E-state index in [1.807, 2.05) is 0 Å². The van der Waals surface area contributed by atoms with Crippen LogP contribution in [0.4, 0.5) is 0 Å². The van der Waals surface area contributed by atoms with Gasteiger partial charge in [0.25, 0.3) is 5.56 Å². The number of hydrogen-bond donors (Lipinski definition) is 1. The Hall–Kier alpha value is -2.22. The normalized spacial score (nSPS) is 10.9. The lowest BCUT2D eigenvalue weighted by Gasteiger charge is -2.06. The molecule has 2 rings (SSSR count). The lowest BCUT2D eigenvalue weighted by Crippen LogP contribution is -2.39. The van der Waals surface area contributed by atoms with E-state index in [-0.39, 0.29) is 11.2 Å². The number of nitrogens with zero attached hydrogens (tertiary/aromatic N) is 4. The molecule has 0 amide bonds. The maximum atomic E-state index is 11.8. The maximum absolute atomic E-state index is 11.8. The number of nitrogens with one attached hydrogen (secondary N) is 1. The molecule has 0 atom stereocenters. The van der Waals surface area contributed by atoms with Gasteiger partial charge in [-0.3, -0.25) is 9.36 Å². The summed E-state index contributed by atoms with van der Waals surface area (Å²) in [6, 6.07) is 0. The molecule has 0 fully saturated rings. The van der Waals surface area contributed by atoms with E-state index in [1.54, 1.807) is 14.0 Å². The van der Waals surface area contributed by atoms with Gasteiger partial charge in [-0.2, -0.15) is 4.98 Å². The summed E-state index contributed by atoms with van der Waals surface area (Å²) in [4.78, 5) is 27.4. The zero-order valence-electron chi connectivity index (χ0n) is 11.0. The Labute approximate surface area is 108 Å². The van der Waals surface area contributed by atoms with Crippen molar-refractivity contribution in [3.05, 3.63) is 44.3 Å². The molecule has 0 spiro atoms. The van der Waals surface area contributed by atoms with Crippen LogP contribution in [0.15, 0.2) is 20.3 Å². The molecule has 0 saturated heterocycles. The molecule has 0 aliphatic rings. The molecule has 0 saturated carbocycles. The smallest absolute Gasteiger partial charge is 0.330 e. The van der Waals surface area contributed by atoms with Crippen LogP contribution in [-0.4, -0.2) is 19.3 Å². The van der Waals surface area contributed by atoms with Crippen molar-refractivity contribution in [1.29, 1.82) is 0 Å². The Balaban J connectivity index is 2.08. The molecular weight excluding hydrogens is 250 g/mol. The minimum absolute atomic E-state index is 0.308. The Morgan fingerprint density at radius 1 is 1.32 bits per heavy atom. The first kappa shape index (κ1) is 13.2. The lowest BCUT2D eigenvalue weighted by molar-refractivity contribution is 0.363. The van der Waals surface area contributed by atoms with Crippen LogP contribution in [-0.2, 0) is 27.2 Å². The fraction of sp³-hybridized carbons (Fsp3) is 0.455. The van der Waals surface area contributed by atoms with Crippen LogP contribution in [0.2, 0.25) is 0 Å². The van der Waals surface area contributed by atoms with E-state index >= 15 is 0 Å². The van der Waals surface area contributed by atoms with E-state index in [4.69, 9.17) is 4.52 Å². The van der Waals surface area contributed by atoms with Gasteiger partial charge in [-0.1, -0.05) is 5.16 Å². The van der Waals surface area contributed by atoms with Crippen LogP contribution in [0.3, 0.4) is 0 Å². The highest BCUT2D eigenvalue weighted by atomic mass is 16.5. The standard InChI is InChI=1S/C11H15N5O3/c1-7-13-9(19-14-7)5-12-4-8-6-15(2)11(18)16(3)10(8)17/h6,12H,4-5H2,1-3H3. The average Bonchev–Trinajstić information content (AvgIpc) is 2.79. The van der Waals surface area contributed by atoms with E-state index in [0.29, 0.717) is 30.4 Å². The Morgan fingerprint density at radius 2 is 2.05 bits per heavy atom. The van der Waals surface area contributed by atoms with Gasteiger partial charge >= 0.3 is 5.69 Å². The molecule has 19 heavy (non-hydrogen) atoms. The minimum atomic E-state index is -0.346.